The summed E-state index contributed by atoms with van der Waals surface area (Å²) < 4.78 is 2.33. The predicted octanol–water partition coefficient (Wildman–Crippen LogP) is 2.98. The maximum atomic E-state index is 12.5. The van der Waals surface area contributed by atoms with Crippen LogP contribution in [0.15, 0.2) is 5.16 Å². The molecule has 0 radical (unpaired) electrons. The van der Waals surface area contributed by atoms with Crippen molar-refractivity contribution in [2.45, 2.75) is 75.0 Å². The lowest BCUT2D eigenvalue weighted by Crippen LogP contribution is -2.43. The monoisotopic (exact) mass is 320 g/mol. The summed E-state index contributed by atoms with van der Waals surface area (Å²) in [6.45, 7) is 3.09. The van der Waals surface area contributed by atoms with Gasteiger partial charge in [0.2, 0.25) is 5.91 Å². The summed E-state index contributed by atoms with van der Waals surface area (Å²) in [5.74, 6) is 2.56. The Balaban J connectivity index is 1.42. The number of aromatic nitrogens is 3. The smallest absolute Gasteiger partial charge is 0.233 e. The summed E-state index contributed by atoms with van der Waals surface area (Å²) in [5, 5.41) is 9.75. The first-order valence-corrected chi connectivity index (χ1v) is 9.59. The topological polar surface area (TPSA) is 51.0 Å². The fraction of sp³-hybridized carbons (Fsp3) is 0.812. The molecule has 4 rings (SSSR count). The van der Waals surface area contributed by atoms with Crippen molar-refractivity contribution in [2.75, 3.05) is 12.3 Å². The molecule has 2 heterocycles. The molecule has 1 amide bonds. The Morgan fingerprint density at radius 1 is 1.18 bits per heavy atom. The number of carbonyl (C=O) groups is 1. The molecular formula is C16H24N4OS. The standard InChI is InChI=1S/C16H24N4OS/c1-11-4-2-3-9-19(11)14(21)10-22-16-18-17-15(12-5-6-12)20(16)13-7-8-13/h11-13H,2-10H2,1H3. The second kappa shape index (κ2) is 5.87. The van der Waals surface area contributed by atoms with Crippen LogP contribution in [-0.4, -0.2) is 43.9 Å². The highest BCUT2D eigenvalue weighted by Gasteiger charge is 2.36. The number of nitrogens with zero attached hydrogens (tertiary/aromatic N) is 4. The normalized spacial score (nSPS) is 25.5. The van der Waals surface area contributed by atoms with E-state index in [1.54, 1.807) is 11.8 Å². The molecule has 3 aliphatic rings. The first-order chi connectivity index (χ1) is 10.7. The molecule has 1 unspecified atom stereocenters. The van der Waals surface area contributed by atoms with Gasteiger partial charge in [-0.2, -0.15) is 0 Å². The van der Waals surface area contributed by atoms with Crippen LogP contribution in [0, 0.1) is 0 Å². The van der Waals surface area contributed by atoms with E-state index in [0.29, 0.717) is 23.8 Å². The zero-order valence-corrected chi connectivity index (χ0v) is 14.0. The van der Waals surface area contributed by atoms with Crippen LogP contribution < -0.4 is 0 Å². The molecule has 0 aromatic carbocycles. The molecule has 120 valence electrons. The largest absolute Gasteiger partial charge is 0.339 e. The lowest BCUT2D eigenvalue weighted by Gasteiger charge is -2.33. The maximum Gasteiger partial charge on any atom is 0.233 e. The average molecular weight is 320 g/mol. The van der Waals surface area contributed by atoms with Gasteiger partial charge in [0.25, 0.3) is 0 Å². The lowest BCUT2D eigenvalue weighted by molar-refractivity contribution is -0.131. The molecule has 2 aliphatic carbocycles. The van der Waals surface area contributed by atoms with Gasteiger partial charge in [-0.05, 0) is 51.9 Å². The third kappa shape index (κ3) is 2.90. The van der Waals surface area contributed by atoms with Gasteiger partial charge in [0.1, 0.15) is 5.82 Å². The highest BCUT2D eigenvalue weighted by atomic mass is 32.2. The zero-order valence-electron chi connectivity index (χ0n) is 13.2. The van der Waals surface area contributed by atoms with E-state index in [9.17, 15) is 4.79 Å². The number of rotatable bonds is 5. The molecule has 1 aromatic rings. The molecule has 1 aliphatic heterocycles. The van der Waals surface area contributed by atoms with Crippen molar-refractivity contribution < 1.29 is 4.79 Å². The van der Waals surface area contributed by atoms with Crippen LogP contribution in [0.25, 0.3) is 0 Å². The molecule has 2 saturated carbocycles. The molecule has 6 heteroatoms. The lowest BCUT2D eigenvalue weighted by atomic mass is 10.0. The number of piperidine rings is 1. The summed E-state index contributed by atoms with van der Waals surface area (Å²) in [6.07, 6.45) is 8.51. The third-order valence-corrected chi connectivity index (χ3v) is 5.92. The molecule has 1 saturated heterocycles. The van der Waals surface area contributed by atoms with Crippen LogP contribution in [-0.2, 0) is 4.79 Å². The van der Waals surface area contributed by atoms with Crippen molar-refractivity contribution in [3.05, 3.63) is 5.82 Å². The Morgan fingerprint density at radius 2 is 2.00 bits per heavy atom. The van der Waals surface area contributed by atoms with Gasteiger partial charge in [-0.1, -0.05) is 11.8 Å². The van der Waals surface area contributed by atoms with E-state index in [0.717, 1.165) is 24.5 Å². The van der Waals surface area contributed by atoms with Gasteiger partial charge in [0, 0.05) is 24.5 Å². The third-order valence-electron chi connectivity index (χ3n) is 4.99. The van der Waals surface area contributed by atoms with E-state index in [1.807, 2.05) is 0 Å². The van der Waals surface area contributed by atoms with Crippen LogP contribution >= 0.6 is 11.8 Å². The van der Waals surface area contributed by atoms with Gasteiger partial charge >= 0.3 is 0 Å². The van der Waals surface area contributed by atoms with Gasteiger partial charge in [0.15, 0.2) is 5.16 Å². The van der Waals surface area contributed by atoms with E-state index in [2.05, 4.69) is 26.6 Å². The highest BCUT2D eigenvalue weighted by molar-refractivity contribution is 7.99. The minimum absolute atomic E-state index is 0.260. The van der Waals surface area contributed by atoms with E-state index >= 15 is 0 Å². The van der Waals surface area contributed by atoms with Crippen LogP contribution in [0.4, 0.5) is 0 Å². The van der Waals surface area contributed by atoms with E-state index in [4.69, 9.17) is 0 Å². The van der Waals surface area contributed by atoms with Crippen molar-refractivity contribution in [3.63, 3.8) is 0 Å². The average Bonchev–Trinajstić information content (AvgIpc) is 3.44. The van der Waals surface area contributed by atoms with Crippen molar-refractivity contribution in [1.82, 2.24) is 19.7 Å². The van der Waals surface area contributed by atoms with Crippen LogP contribution in [0.2, 0.25) is 0 Å². The number of thioether (sulfide) groups is 1. The van der Waals surface area contributed by atoms with E-state index in [-0.39, 0.29) is 5.91 Å². The number of carbonyl (C=O) groups excluding carboxylic acids is 1. The second-order valence-electron chi connectivity index (χ2n) is 6.94. The maximum absolute atomic E-state index is 12.5. The Labute approximate surface area is 135 Å². The summed E-state index contributed by atoms with van der Waals surface area (Å²) >= 11 is 1.58. The van der Waals surface area contributed by atoms with Crippen LogP contribution in [0.3, 0.4) is 0 Å². The molecule has 0 N–H and O–H groups in total. The van der Waals surface area contributed by atoms with Crippen LogP contribution in [0.1, 0.15) is 69.7 Å². The van der Waals surface area contributed by atoms with Crippen molar-refractivity contribution in [3.8, 4) is 0 Å². The Hall–Kier alpha value is -1.04. The number of likely N-dealkylation sites (tertiary alicyclic amines) is 1. The molecule has 0 spiro atoms. The Bertz CT molecular complexity index is 564. The van der Waals surface area contributed by atoms with Crippen LogP contribution in [0.5, 0.6) is 0 Å². The predicted molar refractivity (Wildman–Crippen MR) is 86.0 cm³/mol. The molecule has 1 aromatic heterocycles. The first kappa shape index (κ1) is 14.5. The summed E-state index contributed by atoms with van der Waals surface area (Å²) in [5.41, 5.74) is 0. The zero-order chi connectivity index (χ0) is 15.1. The van der Waals surface area contributed by atoms with E-state index in [1.165, 1.54) is 37.9 Å². The van der Waals surface area contributed by atoms with Gasteiger partial charge in [-0.25, -0.2) is 0 Å². The Morgan fingerprint density at radius 3 is 2.68 bits per heavy atom. The van der Waals surface area contributed by atoms with Gasteiger partial charge < -0.3 is 9.47 Å². The van der Waals surface area contributed by atoms with Crippen molar-refractivity contribution in [1.29, 1.82) is 0 Å². The number of amides is 1. The van der Waals surface area contributed by atoms with Crippen molar-refractivity contribution >= 4 is 17.7 Å². The molecule has 0 bridgehead atoms. The first-order valence-electron chi connectivity index (χ1n) is 8.61. The van der Waals surface area contributed by atoms with E-state index < -0.39 is 0 Å². The van der Waals surface area contributed by atoms with Crippen molar-refractivity contribution in [2.24, 2.45) is 0 Å². The molecule has 3 fully saturated rings. The summed E-state index contributed by atoms with van der Waals surface area (Å²) in [6, 6.07) is 0.988. The minimum Gasteiger partial charge on any atom is -0.339 e. The SMILES string of the molecule is CC1CCCCN1C(=O)CSc1nnc(C2CC2)n1C1CC1. The molecular weight excluding hydrogens is 296 g/mol. The highest BCUT2D eigenvalue weighted by Crippen LogP contribution is 2.46. The Kier molecular flexibility index (Phi) is 3.88. The van der Waals surface area contributed by atoms with Gasteiger partial charge in [-0.15, -0.1) is 10.2 Å². The van der Waals surface area contributed by atoms with Gasteiger partial charge in [0.05, 0.1) is 5.75 Å². The van der Waals surface area contributed by atoms with Gasteiger partial charge in [-0.3, -0.25) is 4.79 Å². The fourth-order valence-electron chi connectivity index (χ4n) is 3.36. The molecule has 5 nitrogen and oxygen atoms in total. The number of hydrogen-bond donors (Lipinski definition) is 0. The minimum atomic E-state index is 0.260. The molecule has 1 atom stereocenters. The quantitative estimate of drug-likeness (QED) is 0.783. The fourth-order valence-corrected chi connectivity index (χ4v) is 4.26. The molecule has 22 heavy (non-hydrogen) atoms. The summed E-state index contributed by atoms with van der Waals surface area (Å²) in [4.78, 5) is 14.5. The number of hydrogen-bond acceptors (Lipinski definition) is 4. The second-order valence-corrected chi connectivity index (χ2v) is 7.88. The summed E-state index contributed by atoms with van der Waals surface area (Å²) in [7, 11) is 0.